The highest BCUT2D eigenvalue weighted by Crippen LogP contribution is 2.18. The monoisotopic (exact) mass is 373 g/mol. The molecule has 9 heteroatoms. The number of rotatable bonds is 7. The number of carbonyl (C=O) groups is 1. The lowest BCUT2D eigenvalue weighted by Gasteiger charge is -2.22. The first-order chi connectivity index (χ1) is 11.9. The van der Waals surface area contributed by atoms with E-state index >= 15 is 0 Å². The smallest absolute Gasteiger partial charge is 0.243 e. The van der Waals surface area contributed by atoms with Crippen molar-refractivity contribution in [3.63, 3.8) is 0 Å². The Balaban J connectivity index is 1.94. The maximum absolute atomic E-state index is 13.0. The molecule has 1 fully saturated rings. The molecule has 7 nitrogen and oxygen atoms in total. The standard InChI is InChI=1S/C16H24FN3O4S/c1-24-12-7-18-13-16(21)19-8-2-9-20(11-10-19)25(22,23)15-5-3-14(17)4-6-15/h3-6,18H,2,7-13H2,1H3. The van der Waals surface area contributed by atoms with Crippen LogP contribution in [-0.2, 0) is 19.6 Å². The third-order valence-corrected chi connectivity index (χ3v) is 5.93. The summed E-state index contributed by atoms with van der Waals surface area (Å²) in [5.74, 6) is -0.537. The van der Waals surface area contributed by atoms with Crippen LogP contribution in [0.1, 0.15) is 6.42 Å². The van der Waals surface area contributed by atoms with E-state index < -0.39 is 15.8 Å². The maximum atomic E-state index is 13.0. The van der Waals surface area contributed by atoms with Crippen LogP contribution < -0.4 is 5.32 Å². The maximum Gasteiger partial charge on any atom is 0.243 e. The van der Waals surface area contributed by atoms with E-state index in [0.29, 0.717) is 39.2 Å². The van der Waals surface area contributed by atoms with Gasteiger partial charge in [-0.15, -0.1) is 0 Å². The molecule has 0 bridgehead atoms. The summed E-state index contributed by atoms with van der Waals surface area (Å²) in [6.07, 6.45) is 0.560. The molecule has 0 radical (unpaired) electrons. The number of nitrogens with one attached hydrogen (secondary N) is 1. The topological polar surface area (TPSA) is 79.0 Å². The zero-order valence-corrected chi connectivity index (χ0v) is 15.1. The normalized spacial score (nSPS) is 16.6. The predicted octanol–water partition coefficient (Wildman–Crippen LogP) is 0.285. The summed E-state index contributed by atoms with van der Waals surface area (Å²) >= 11 is 0. The second-order valence-electron chi connectivity index (χ2n) is 5.76. The molecule has 0 spiro atoms. The average Bonchev–Trinajstić information content (AvgIpc) is 2.85. The molecule has 0 saturated carbocycles. The van der Waals surface area contributed by atoms with Gasteiger partial charge in [-0.2, -0.15) is 4.31 Å². The molecule has 2 rings (SSSR count). The summed E-state index contributed by atoms with van der Waals surface area (Å²) < 4.78 is 44.6. The second kappa shape index (κ2) is 9.23. The Bertz CT molecular complexity index is 666. The van der Waals surface area contributed by atoms with E-state index in [2.05, 4.69) is 5.32 Å². The van der Waals surface area contributed by atoms with Crippen molar-refractivity contribution >= 4 is 15.9 Å². The van der Waals surface area contributed by atoms with Crippen LogP contribution in [0.5, 0.6) is 0 Å². The van der Waals surface area contributed by atoms with Crippen molar-refractivity contribution in [3.8, 4) is 0 Å². The van der Waals surface area contributed by atoms with Crippen LogP contribution in [-0.4, -0.2) is 76.5 Å². The van der Waals surface area contributed by atoms with Gasteiger partial charge in [0.15, 0.2) is 0 Å². The Morgan fingerprint density at radius 2 is 1.92 bits per heavy atom. The molecule has 0 atom stereocenters. The molecule has 25 heavy (non-hydrogen) atoms. The lowest BCUT2D eigenvalue weighted by molar-refractivity contribution is -0.130. The first-order valence-electron chi connectivity index (χ1n) is 8.18. The lowest BCUT2D eigenvalue weighted by Crippen LogP contribution is -2.41. The molecule has 1 aromatic carbocycles. The van der Waals surface area contributed by atoms with Gasteiger partial charge in [0.25, 0.3) is 0 Å². The highest BCUT2D eigenvalue weighted by atomic mass is 32.2. The number of hydrogen-bond acceptors (Lipinski definition) is 5. The van der Waals surface area contributed by atoms with Crippen LogP contribution >= 0.6 is 0 Å². The molecule has 0 aliphatic carbocycles. The summed E-state index contributed by atoms with van der Waals surface area (Å²) in [5.41, 5.74) is 0. The number of methoxy groups -OCH3 is 1. The number of hydrogen-bond donors (Lipinski definition) is 1. The molecule has 1 aromatic rings. The van der Waals surface area contributed by atoms with Crippen LogP contribution in [0.2, 0.25) is 0 Å². The Hall–Kier alpha value is -1.55. The lowest BCUT2D eigenvalue weighted by atomic mass is 10.4. The molecule has 1 heterocycles. The van der Waals surface area contributed by atoms with Gasteiger partial charge in [0.2, 0.25) is 15.9 Å². The SMILES string of the molecule is COCCNCC(=O)N1CCCN(S(=O)(=O)c2ccc(F)cc2)CC1. The third-order valence-electron chi connectivity index (χ3n) is 4.02. The molecule has 1 aliphatic rings. The van der Waals surface area contributed by atoms with Crippen LogP contribution in [0.15, 0.2) is 29.2 Å². The van der Waals surface area contributed by atoms with E-state index in [9.17, 15) is 17.6 Å². The summed E-state index contributed by atoms with van der Waals surface area (Å²) in [6.45, 7) is 2.72. The van der Waals surface area contributed by atoms with Crippen LogP contribution in [0.25, 0.3) is 0 Å². The fourth-order valence-electron chi connectivity index (χ4n) is 2.62. The fourth-order valence-corrected chi connectivity index (χ4v) is 4.09. The van der Waals surface area contributed by atoms with Crippen LogP contribution in [0.3, 0.4) is 0 Å². The molecular weight excluding hydrogens is 349 g/mol. The molecule has 1 saturated heterocycles. The van der Waals surface area contributed by atoms with Gasteiger partial charge in [0.05, 0.1) is 18.0 Å². The van der Waals surface area contributed by atoms with Crippen molar-refractivity contribution in [2.75, 3.05) is 53.0 Å². The summed E-state index contributed by atoms with van der Waals surface area (Å²) in [6, 6.07) is 4.79. The van der Waals surface area contributed by atoms with Crippen molar-refractivity contribution in [2.24, 2.45) is 0 Å². The Morgan fingerprint density at radius 1 is 1.20 bits per heavy atom. The highest BCUT2D eigenvalue weighted by Gasteiger charge is 2.28. The van der Waals surface area contributed by atoms with Gasteiger partial charge in [-0.1, -0.05) is 0 Å². The van der Waals surface area contributed by atoms with E-state index in [1.807, 2.05) is 0 Å². The summed E-state index contributed by atoms with van der Waals surface area (Å²) in [5, 5.41) is 2.99. The van der Waals surface area contributed by atoms with Gasteiger partial charge in [-0.25, -0.2) is 12.8 Å². The molecule has 1 aliphatic heterocycles. The van der Waals surface area contributed by atoms with Gasteiger partial charge >= 0.3 is 0 Å². The Morgan fingerprint density at radius 3 is 2.60 bits per heavy atom. The number of sulfonamides is 1. The number of ether oxygens (including phenoxy) is 1. The largest absolute Gasteiger partial charge is 0.383 e. The van der Waals surface area contributed by atoms with E-state index in [1.165, 1.54) is 16.4 Å². The molecule has 0 unspecified atom stereocenters. The number of benzene rings is 1. The summed E-state index contributed by atoms with van der Waals surface area (Å²) in [4.78, 5) is 13.9. The van der Waals surface area contributed by atoms with Gasteiger partial charge < -0.3 is 15.0 Å². The van der Waals surface area contributed by atoms with Gasteiger partial charge in [0.1, 0.15) is 5.82 Å². The minimum atomic E-state index is -3.68. The fraction of sp³-hybridized carbons (Fsp3) is 0.562. The summed E-state index contributed by atoms with van der Waals surface area (Å²) in [7, 11) is -2.09. The number of halogens is 1. The third kappa shape index (κ3) is 5.46. The first-order valence-corrected chi connectivity index (χ1v) is 9.62. The average molecular weight is 373 g/mol. The van der Waals surface area contributed by atoms with Crippen molar-refractivity contribution in [1.29, 1.82) is 0 Å². The minimum Gasteiger partial charge on any atom is -0.383 e. The van der Waals surface area contributed by atoms with Crippen LogP contribution in [0, 0.1) is 5.82 Å². The second-order valence-corrected chi connectivity index (χ2v) is 7.70. The van der Waals surface area contributed by atoms with Gasteiger partial charge in [-0.3, -0.25) is 4.79 Å². The molecular formula is C16H24FN3O4S. The molecule has 1 amide bonds. The van der Waals surface area contributed by atoms with Gasteiger partial charge in [0, 0.05) is 39.8 Å². The van der Waals surface area contributed by atoms with Crippen molar-refractivity contribution in [1.82, 2.24) is 14.5 Å². The Kier molecular flexibility index (Phi) is 7.30. The van der Waals surface area contributed by atoms with E-state index in [1.54, 1.807) is 12.0 Å². The Labute approximate surface area is 147 Å². The molecule has 0 aromatic heterocycles. The van der Waals surface area contributed by atoms with E-state index in [0.717, 1.165) is 12.1 Å². The van der Waals surface area contributed by atoms with Crippen molar-refractivity contribution < 1.29 is 22.3 Å². The zero-order chi connectivity index (χ0) is 18.3. The van der Waals surface area contributed by atoms with Crippen molar-refractivity contribution in [2.45, 2.75) is 11.3 Å². The number of amides is 1. The first kappa shape index (κ1) is 19.8. The van der Waals surface area contributed by atoms with E-state index in [-0.39, 0.29) is 23.9 Å². The van der Waals surface area contributed by atoms with Crippen LogP contribution in [0.4, 0.5) is 4.39 Å². The predicted molar refractivity (Wildman–Crippen MR) is 91.1 cm³/mol. The number of nitrogens with zero attached hydrogens (tertiary/aromatic N) is 2. The zero-order valence-electron chi connectivity index (χ0n) is 14.3. The molecule has 1 N–H and O–H groups in total. The molecule has 140 valence electrons. The quantitative estimate of drug-likeness (QED) is 0.695. The highest BCUT2D eigenvalue weighted by molar-refractivity contribution is 7.89. The van der Waals surface area contributed by atoms with Crippen molar-refractivity contribution in [3.05, 3.63) is 30.1 Å². The number of carbonyl (C=O) groups excluding carboxylic acids is 1. The minimum absolute atomic E-state index is 0.0582. The van der Waals surface area contributed by atoms with E-state index in [4.69, 9.17) is 4.74 Å². The van der Waals surface area contributed by atoms with Gasteiger partial charge in [-0.05, 0) is 30.7 Å².